The third-order valence-electron chi connectivity index (χ3n) is 3.07. The molecule has 1 amide bonds. The molecule has 0 saturated carbocycles. The second kappa shape index (κ2) is 6.83. The van der Waals surface area contributed by atoms with Crippen molar-refractivity contribution in [1.82, 2.24) is 15.1 Å². The molecule has 1 aromatic heterocycles. The van der Waals surface area contributed by atoms with Gasteiger partial charge in [0.15, 0.2) is 5.69 Å². The number of hydrogen-bond acceptors (Lipinski definition) is 4. The summed E-state index contributed by atoms with van der Waals surface area (Å²) in [6, 6.07) is 14.0. The van der Waals surface area contributed by atoms with Gasteiger partial charge in [0.2, 0.25) is 0 Å². The van der Waals surface area contributed by atoms with Gasteiger partial charge >= 0.3 is 0 Å². The molecule has 1 atom stereocenters. The van der Waals surface area contributed by atoms with Crippen LogP contribution in [0.5, 0.6) is 0 Å². The first-order valence-corrected chi connectivity index (χ1v) is 6.92. The van der Waals surface area contributed by atoms with Crippen LogP contribution in [0.1, 0.15) is 23.0 Å². The Bertz CT molecular complexity index is 581. The smallest absolute Gasteiger partial charge is 0.273 e. The molecule has 2 aromatic rings. The van der Waals surface area contributed by atoms with E-state index >= 15 is 0 Å². The third kappa shape index (κ3) is 4.27. The highest BCUT2D eigenvalue weighted by atomic mass is 16.2. The van der Waals surface area contributed by atoms with Crippen LogP contribution in [0.15, 0.2) is 42.5 Å². The number of carbonyl (C=O) groups excluding carboxylic acids is 1. The van der Waals surface area contributed by atoms with E-state index in [9.17, 15) is 4.79 Å². The molecule has 2 rings (SSSR count). The summed E-state index contributed by atoms with van der Waals surface area (Å²) in [5, 5.41) is 11.3. The predicted octanol–water partition coefficient (Wildman–Crippen LogP) is 2.22. The van der Waals surface area contributed by atoms with Crippen LogP contribution in [0.2, 0.25) is 0 Å². The van der Waals surface area contributed by atoms with E-state index in [0.717, 1.165) is 6.42 Å². The zero-order valence-corrected chi connectivity index (χ0v) is 12.6. The molecule has 5 nitrogen and oxygen atoms in total. The van der Waals surface area contributed by atoms with Crippen molar-refractivity contribution in [3.8, 4) is 0 Å². The van der Waals surface area contributed by atoms with Crippen LogP contribution in [0, 0.1) is 0 Å². The summed E-state index contributed by atoms with van der Waals surface area (Å²) in [4.78, 5) is 13.2. The molecule has 0 saturated heterocycles. The molecule has 0 bridgehead atoms. The van der Waals surface area contributed by atoms with E-state index < -0.39 is 0 Å². The summed E-state index contributed by atoms with van der Waals surface area (Å²) < 4.78 is 0. The normalized spacial score (nSPS) is 11.8. The maximum atomic E-state index is 11.7. The van der Waals surface area contributed by atoms with E-state index in [-0.39, 0.29) is 11.9 Å². The molecule has 1 heterocycles. The molecule has 21 heavy (non-hydrogen) atoms. The van der Waals surface area contributed by atoms with Gasteiger partial charge in [-0.25, -0.2) is 0 Å². The predicted molar refractivity (Wildman–Crippen MR) is 83.3 cm³/mol. The highest BCUT2D eigenvalue weighted by molar-refractivity contribution is 5.91. The Kier molecular flexibility index (Phi) is 4.87. The molecular formula is C16H20N4O. The van der Waals surface area contributed by atoms with E-state index in [2.05, 4.69) is 34.6 Å². The molecule has 0 aliphatic carbocycles. The number of hydrogen-bond donors (Lipinski definition) is 1. The topological polar surface area (TPSA) is 58.1 Å². The maximum absolute atomic E-state index is 11.7. The van der Waals surface area contributed by atoms with Gasteiger partial charge in [0.1, 0.15) is 5.82 Å². The van der Waals surface area contributed by atoms with Gasteiger partial charge in [0, 0.05) is 20.1 Å². The van der Waals surface area contributed by atoms with Gasteiger partial charge in [-0.05, 0) is 31.0 Å². The largest absolute Gasteiger partial charge is 0.366 e. The van der Waals surface area contributed by atoms with Crippen molar-refractivity contribution in [2.75, 3.05) is 19.4 Å². The summed E-state index contributed by atoms with van der Waals surface area (Å²) in [6.45, 7) is 2.09. The number of nitrogens with zero attached hydrogens (tertiary/aromatic N) is 3. The highest BCUT2D eigenvalue weighted by Gasteiger charge is 2.11. The molecule has 1 unspecified atom stereocenters. The summed E-state index contributed by atoms with van der Waals surface area (Å²) in [7, 11) is 3.39. The number of rotatable bonds is 5. The average molecular weight is 284 g/mol. The first kappa shape index (κ1) is 15.0. The lowest BCUT2D eigenvalue weighted by Crippen LogP contribution is -2.24. The van der Waals surface area contributed by atoms with Crippen molar-refractivity contribution in [3.05, 3.63) is 53.7 Å². The minimum Gasteiger partial charge on any atom is -0.366 e. The Morgan fingerprint density at radius 1 is 1.14 bits per heavy atom. The first-order valence-electron chi connectivity index (χ1n) is 6.92. The van der Waals surface area contributed by atoms with Gasteiger partial charge in [0.05, 0.1) is 0 Å². The first-order chi connectivity index (χ1) is 10.1. The van der Waals surface area contributed by atoms with E-state index in [1.54, 1.807) is 26.2 Å². The Labute approximate surface area is 125 Å². The molecule has 0 fully saturated rings. The van der Waals surface area contributed by atoms with E-state index in [1.807, 2.05) is 18.2 Å². The third-order valence-corrected chi connectivity index (χ3v) is 3.07. The summed E-state index contributed by atoms with van der Waals surface area (Å²) in [5.41, 5.74) is 1.62. The Morgan fingerprint density at radius 3 is 2.43 bits per heavy atom. The van der Waals surface area contributed by atoms with Gasteiger partial charge in [-0.1, -0.05) is 30.3 Å². The van der Waals surface area contributed by atoms with Gasteiger partial charge < -0.3 is 10.2 Å². The molecule has 0 radical (unpaired) electrons. The van der Waals surface area contributed by atoms with Crippen LogP contribution < -0.4 is 5.32 Å². The number of carbonyl (C=O) groups is 1. The summed E-state index contributed by atoms with van der Waals surface area (Å²) >= 11 is 0. The highest BCUT2D eigenvalue weighted by Crippen LogP contribution is 2.09. The lowest BCUT2D eigenvalue weighted by atomic mass is 10.1. The minimum atomic E-state index is -0.147. The van der Waals surface area contributed by atoms with E-state index in [1.165, 1.54) is 10.5 Å². The molecular weight excluding hydrogens is 264 g/mol. The van der Waals surface area contributed by atoms with Crippen LogP contribution in [-0.4, -0.2) is 41.1 Å². The van der Waals surface area contributed by atoms with Crippen LogP contribution >= 0.6 is 0 Å². The molecule has 0 spiro atoms. The molecule has 0 aliphatic rings. The van der Waals surface area contributed by atoms with E-state index in [0.29, 0.717) is 11.5 Å². The number of benzene rings is 1. The molecule has 1 N–H and O–H groups in total. The van der Waals surface area contributed by atoms with Crippen molar-refractivity contribution in [2.45, 2.75) is 19.4 Å². The van der Waals surface area contributed by atoms with E-state index in [4.69, 9.17) is 0 Å². The zero-order valence-electron chi connectivity index (χ0n) is 12.6. The van der Waals surface area contributed by atoms with Crippen molar-refractivity contribution in [1.29, 1.82) is 0 Å². The summed E-state index contributed by atoms with van der Waals surface area (Å²) in [6.07, 6.45) is 0.904. The fourth-order valence-electron chi connectivity index (χ4n) is 2.02. The number of aromatic nitrogens is 2. The Morgan fingerprint density at radius 2 is 1.86 bits per heavy atom. The Balaban J connectivity index is 1.95. The van der Waals surface area contributed by atoms with Crippen LogP contribution in [0.25, 0.3) is 0 Å². The van der Waals surface area contributed by atoms with Crippen LogP contribution in [0.3, 0.4) is 0 Å². The summed E-state index contributed by atoms with van der Waals surface area (Å²) in [5.74, 6) is 0.528. The Hall–Kier alpha value is -2.43. The average Bonchev–Trinajstić information content (AvgIpc) is 2.48. The van der Waals surface area contributed by atoms with Gasteiger partial charge in [-0.15, -0.1) is 10.2 Å². The van der Waals surface area contributed by atoms with Crippen molar-refractivity contribution >= 4 is 11.7 Å². The second-order valence-electron chi connectivity index (χ2n) is 5.24. The fraction of sp³-hybridized carbons (Fsp3) is 0.312. The SMILES string of the molecule is CC(Cc1ccccc1)Nc1ccc(C(=O)N(C)C)nn1. The van der Waals surface area contributed by atoms with Gasteiger partial charge in [0.25, 0.3) is 5.91 Å². The monoisotopic (exact) mass is 284 g/mol. The number of anilines is 1. The van der Waals surface area contributed by atoms with Crippen molar-refractivity contribution in [2.24, 2.45) is 0 Å². The quantitative estimate of drug-likeness (QED) is 0.914. The minimum absolute atomic E-state index is 0.147. The van der Waals surface area contributed by atoms with Crippen molar-refractivity contribution < 1.29 is 4.79 Å². The molecule has 110 valence electrons. The molecule has 1 aromatic carbocycles. The van der Waals surface area contributed by atoms with Crippen LogP contribution in [-0.2, 0) is 6.42 Å². The standard InChI is InChI=1S/C16H20N4O/c1-12(11-13-7-5-4-6-8-13)17-15-10-9-14(18-19-15)16(21)20(2)3/h4-10,12H,11H2,1-3H3,(H,17,19). The zero-order chi connectivity index (χ0) is 15.2. The number of nitrogens with one attached hydrogen (secondary N) is 1. The molecule has 5 heteroatoms. The molecule has 0 aliphatic heterocycles. The van der Waals surface area contributed by atoms with Gasteiger partial charge in [-0.2, -0.15) is 0 Å². The second-order valence-corrected chi connectivity index (χ2v) is 5.24. The number of amides is 1. The lowest BCUT2D eigenvalue weighted by Gasteiger charge is -2.14. The van der Waals surface area contributed by atoms with Crippen LogP contribution in [0.4, 0.5) is 5.82 Å². The lowest BCUT2D eigenvalue weighted by molar-refractivity contribution is 0.0821. The maximum Gasteiger partial charge on any atom is 0.273 e. The van der Waals surface area contributed by atoms with Crippen molar-refractivity contribution in [3.63, 3.8) is 0 Å². The van der Waals surface area contributed by atoms with Gasteiger partial charge in [-0.3, -0.25) is 4.79 Å². The fourth-order valence-corrected chi connectivity index (χ4v) is 2.02.